The Hall–Kier alpha value is -2.88. The minimum atomic E-state index is -0.411. The standard InChI is InChI=1S/C18H15NO3/c1-12-6-8-13(9-7-12)17(20)19-11-10-14-15(18(21)22-2)4-3-5-16(14)19/h3-11H,1-2H3. The van der Waals surface area contributed by atoms with Gasteiger partial charge in [0.2, 0.25) is 0 Å². The molecule has 0 aliphatic carbocycles. The number of hydrogen-bond acceptors (Lipinski definition) is 3. The fraction of sp³-hybridized carbons (Fsp3) is 0.111. The van der Waals surface area contributed by atoms with Crippen molar-refractivity contribution in [3.8, 4) is 0 Å². The summed E-state index contributed by atoms with van der Waals surface area (Å²) in [6.45, 7) is 1.97. The zero-order valence-electron chi connectivity index (χ0n) is 12.4. The van der Waals surface area contributed by atoms with Crippen LogP contribution in [-0.4, -0.2) is 23.6 Å². The highest BCUT2D eigenvalue weighted by atomic mass is 16.5. The van der Waals surface area contributed by atoms with Crippen molar-refractivity contribution in [3.63, 3.8) is 0 Å². The van der Waals surface area contributed by atoms with Gasteiger partial charge in [0.05, 0.1) is 18.2 Å². The summed E-state index contributed by atoms with van der Waals surface area (Å²) in [4.78, 5) is 24.4. The first-order valence-electron chi connectivity index (χ1n) is 6.91. The van der Waals surface area contributed by atoms with E-state index in [1.54, 1.807) is 41.1 Å². The van der Waals surface area contributed by atoms with Crippen LogP contribution in [0.15, 0.2) is 54.7 Å². The van der Waals surface area contributed by atoms with Gasteiger partial charge in [-0.25, -0.2) is 4.79 Å². The molecule has 0 saturated carbocycles. The molecule has 0 atom stereocenters. The van der Waals surface area contributed by atoms with Gasteiger partial charge in [0.1, 0.15) is 0 Å². The number of ether oxygens (including phenoxy) is 1. The molecular weight excluding hydrogens is 278 g/mol. The summed E-state index contributed by atoms with van der Waals surface area (Å²) in [5, 5.41) is 0.704. The first-order valence-corrected chi connectivity index (χ1v) is 6.91. The maximum absolute atomic E-state index is 12.6. The Morgan fingerprint density at radius 2 is 1.73 bits per heavy atom. The van der Waals surface area contributed by atoms with Crippen molar-refractivity contribution in [1.82, 2.24) is 4.57 Å². The summed E-state index contributed by atoms with van der Waals surface area (Å²) in [7, 11) is 1.34. The highest BCUT2D eigenvalue weighted by Gasteiger charge is 2.16. The topological polar surface area (TPSA) is 48.3 Å². The van der Waals surface area contributed by atoms with Gasteiger partial charge in [-0.3, -0.25) is 9.36 Å². The van der Waals surface area contributed by atoms with Crippen LogP contribution in [0.5, 0.6) is 0 Å². The molecule has 0 unspecified atom stereocenters. The van der Waals surface area contributed by atoms with E-state index in [1.165, 1.54) is 7.11 Å². The quantitative estimate of drug-likeness (QED) is 0.680. The number of hydrogen-bond donors (Lipinski definition) is 0. The summed E-state index contributed by atoms with van der Waals surface area (Å²) in [6, 6.07) is 14.4. The smallest absolute Gasteiger partial charge is 0.338 e. The van der Waals surface area contributed by atoms with E-state index >= 15 is 0 Å². The van der Waals surface area contributed by atoms with E-state index in [4.69, 9.17) is 4.74 Å². The van der Waals surface area contributed by atoms with Crippen molar-refractivity contribution in [2.24, 2.45) is 0 Å². The number of carbonyl (C=O) groups is 2. The lowest BCUT2D eigenvalue weighted by Crippen LogP contribution is -2.10. The fourth-order valence-corrected chi connectivity index (χ4v) is 2.47. The minimum absolute atomic E-state index is 0.128. The van der Waals surface area contributed by atoms with Crippen LogP contribution < -0.4 is 0 Å². The zero-order valence-corrected chi connectivity index (χ0v) is 12.4. The molecule has 4 nitrogen and oxygen atoms in total. The van der Waals surface area contributed by atoms with Crippen molar-refractivity contribution in [3.05, 3.63) is 71.4 Å². The summed E-state index contributed by atoms with van der Waals surface area (Å²) in [5.41, 5.74) is 2.84. The second-order valence-corrected chi connectivity index (χ2v) is 5.09. The molecular formula is C18H15NO3. The molecule has 0 radical (unpaired) electrons. The lowest BCUT2D eigenvalue weighted by molar-refractivity contribution is 0.0602. The normalized spacial score (nSPS) is 10.6. The predicted molar refractivity (Wildman–Crippen MR) is 84.2 cm³/mol. The number of aromatic nitrogens is 1. The van der Waals surface area contributed by atoms with E-state index in [-0.39, 0.29) is 5.91 Å². The number of methoxy groups -OCH3 is 1. The molecule has 0 aliphatic rings. The maximum Gasteiger partial charge on any atom is 0.338 e. The van der Waals surface area contributed by atoms with Crippen LogP contribution in [0, 0.1) is 6.92 Å². The average Bonchev–Trinajstić information content (AvgIpc) is 2.98. The van der Waals surface area contributed by atoms with Crippen molar-refractivity contribution in [2.45, 2.75) is 6.92 Å². The molecule has 0 bridgehead atoms. The summed E-state index contributed by atoms with van der Waals surface area (Å²) in [6.07, 6.45) is 1.68. The van der Waals surface area contributed by atoms with Gasteiger partial charge in [-0.05, 0) is 37.3 Å². The van der Waals surface area contributed by atoms with Gasteiger partial charge in [0.15, 0.2) is 0 Å². The van der Waals surface area contributed by atoms with Crippen LogP contribution in [0.1, 0.15) is 26.3 Å². The van der Waals surface area contributed by atoms with Gasteiger partial charge < -0.3 is 4.74 Å². The molecule has 3 rings (SSSR count). The number of rotatable bonds is 2. The third-order valence-electron chi connectivity index (χ3n) is 3.66. The van der Waals surface area contributed by atoms with Crippen LogP contribution in [0.25, 0.3) is 10.9 Å². The largest absolute Gasteiger partial charge is 0.465 e. The molecule has 4 heteroatoms. The Balaban J connectivity index is 2.10. The number of nitrogens with zero attached hydrogens (tertiary/aromatic N) is 1. The Labute approximate surface area is 127 Å². The number of aryl methyl sites for hydroxylation is 1. The molecule has 0 spiro atoms. The Morgan fingerprint density at radius 1 is 1.00 bits per heavy atom. The monoisotopic (exact) mass is 293 g/mol. The van der Waals surface area contributed by atoms with E-state index < -0.39 is 5.97 Å². The maximum atomic E-state index is 12.6. The van der Waals surface area contributed by atoms with Crippen molar-refractivity contribution >= 4 is 22.8 Å². The van der Waals surface area contributed by atoms with Crippen LogP contribution in [0.2, 0.25) is 0 Å². The molecule has 0 amide bonds. The van der Waals surface area contributed by atoms with Gasteiger partial charge in [-0.1, -0.05) is 23.8 Å². The Morgan fingerprint density at radius 3 is 2.41 bits per heavy atom. The second kappa shape index (κ2) is 5.48. The molecule has 22 heavy (non-hydrogen) atoms. The Kier molecular flexibility index (Phi) is 3.51. The second-order valence-electron chi connectivity index (χ2n) is 5.09. The van der Waals surface area contributed by atoms with Crippen molar-refractivity contribution in [2.75, 3.05) is 7.11 Å². The SMILES string of the molecule is COC(=O)c1cccc2c1ccn2C(=O)c1ccc(C)cc1. The Bertz CT molecular complexity index is 860. The number of benzene rings is 2. The van der Waals surface area contributed by atoms with Crippen molar-refractivity contribution < 1.29 is 14.3 Å². The number of esters is 1. The highest BCUT2D eigenvalue weighted by Crippen LogP contribution is 2.22. The molecule has 0 aliphatic heterocycles. The van der Waals surface area contributed by atoms with E-state index in [2.05, 4.69) is 0 Å². The van der Waals surface area contributed by atoms with Gasteiger partial charge >= 0.3 is 5.97 Å². The van der Waals surface area contributed by atoms with E-state index in [1.807, 2.05) is 25.1 Å². The van der Waals surface area contributed by atoms with Crippen LogP contribution in [-0.2, 0) is 4.74 Å². The van der Waals surface area contributed by atoms with Crippen LogP contribution >= 0.6 is 0 Å². The molecule has 0 fully saturated rings. The zero-order chi connectivity index (χ0) is 15.7. The lowest BCUT2D eigenvalue weighted by Gasteiger charge is -2.06. The van der Waals surface area contributed by atoms with E-state index in [0.29, 0.717) is 22.0 Å². The summed E-state index contributed by atoms with van der Waals surface area (Å²) < 4.78 is 6.33. The third-order valence-corrected chi connectivity index (χ3v) is 3.66. The number of fused-ring (bicyclic) bond motifs is 1. The lowest BCUT2D eigenvalue weighted by atomic mass is 10.1. The average molecular weight is 293 g/mol. The fourth-order valence-electron chi connectivity index (χ4n) is 2.47. The highest BCUT2D eigenvalue weighted by molar-refractivity contribution is 6.08. The molecule has 1 aromatic heterocycles. The molecule has 2 aromatic carbocycles. The molecule has 0 N–H and O–H groups in total. The molecule has 3 aromatic rings. The van der Waals surface area contributed by atoms with Gasteiger partial charge in [0.25, 0.3) is 5.91 Å². The van der Waals surface area contributed by atoms with Crippen LogP contribution in [0.3, 0.4) is 0 Å². The summed E-state index contributed by atoms with van der Waals surface area (Å²) >= 11 is 0. The van der Waals surface area contributed by atoms with E-state index in [0.717, 1.165) is 5.56 Å². The molecule has 110 valence electrons. The van der Waals surface area contributed by atoms with E-state index in [9.17, 15) is 9.59 Å². The number of carbonyl (C=O) groups excluding carboxylic acids is 2. The molecule has 0 saturated heterocycles. The third kappa shape index (κ3) is 2.29. The van der Waals surface area contributed by atoms with Gasteiger partial charge in [-0.2, -0.15) is 0 Å². The molecule has 1 heterocycles. The van der Waals surface area contributed by atoms with Crippen LogP contribution in [0.4, 0.5) is 0 Å². The predicted octanol–water partition coefficient (Wildman–Crippen LogP) is 3.42. The summed E-state index contributed by atoms with van der Waals surface area (Å²) in [5.74, 6) is -0.539. The first-order chi connectivity index (χ1) is 10.6. The first kappa shape index (κ1) is 14.1. The van der Waals surface area contributed by atoms with Crippen molar-refractivity contribution in [1.29, 1.82) is 0 Å². The van der Waals surface area contributed by atoms with Gasteiger partial charge in [-0.15, -0.1) is 0 Å². The van der Waals surface area contributed by atoms with Gasteiger partial charge in [0, 0.05) is 17.1 Å². The minimum Gasteiger partial charge on any atom is -0.465 e.